The Hall–Kier alpha value is -1.42. The highest BCUT2D eigenvalue weighted by atomic mass is 16.4. The van der Waals surface area contributed by atoms with Crippen LogP contribution in [0.15, 0.2) is 24.5 Å². The van der Waals surface area contributed by atoms with E-state index in [9.17, 15) is 9.90 Å². The minimum atomic E-state index is -0.900. The van der Waals surface area contributed by atoms with E-state index in [0.717, 1.165) is 0 Å². The van der Waals surface area contributed by atoms with Crippen LogP contribution in [-0.4, -0.2) is 21.2 Å². The molecule has 1 aromatic rings. The number of aromatic nitrogens is 1. The van der Waals surface area contributed by atoms with Gasteiger partial charge in [0.15, 0.2) is 0 Å². The molecular formula is C9H11NO3. The number of rotatable bonds is 4. The summed E-state index contributed by atoms with van der Waals surface area (Å²) in [7, 11) is 0. The molecule has 4 heteroatoms. The molecule has 4 nitrogen and oxygen atoms in total. The number of aliphatic hydroxyl groups is 1. The van der Waals surface area contributed by atoms with Crippen LogP contribution in [0.4, 0.5) is 0 Å². The Morgan fingerprint density at radius 2 is 2.38 bits per heavy atom. The third-order valence-corrected chi connectivity index (χ3v) is 1.70. The van der Waals surface area contributed by atoms with Crippen LogP contribution in [0, 0.1) is 0 Å². The highest BCUT2D eigenvalue weighted by Crippen LogP contribution is 2.16. The molecule has 0 fully saturated rings. The summed E-state index contributed by atoms with van der Waals surface area (Å²) in [5, 5.41) is 17.8. The van der Waals surface area contributed by atoms with Gasteiger partial charge in [0.2, 0.25) is 0 Å². The summed E-state index contributed by atoms with van der Waals surface area (Å²) in [6.45, 7) is 0. The fourth-order valence-corrected chi connectivity index (χ4v) is 1.000. The van der Waals surface area contributed by atoms with Crippen molar-refractivity contribution in [3.05, 3.63) is 30.1 Å². The van der Waals surface area contributed by atoms with Gasteiger partial charge in [0.1, 0.15) is 0 Å². The number of carboxylic acids is 1. The molecule has 0 aliphatic heterocycles. The maximum atomic E-state index is 10.2. The average molecular weight is 181 g/mol. The second-order valence-electron chi connectivity index (χ2n) is 2.73. The Kier molecular flexibility index (Phi) is 3.40. The minimum absolute atomic E-state index is 0.0317. The fourth-order valence-electron chi connectivity index (χ4n) is 1.000. The molecule has 1 heterocycles. The smallest absolute Gasteiger partial charge is 0.303 e. The van der Waals surface area contributed by atoms with E-state index in [2.05, 4.69) is 4.98 Å². The van der Waals surface area contributed by atoms with Gasteiger partial charge in [-0.25, -0.2) is 0 Å². The van der Waals surface area contributed by atoms with E-state index in [1.165, 1.54) is 6.20 Å². The minimum Gasteiger partial charge on any atom is -0.481 e. The number of hydrogen-bond acceptors (Lipinski definition) is 3. The van der Waals surface area contributed by atoms with E-state index in [4.69, 9.17) is 5.11 Å². The van der Waals surface area contributed by atoms with Gasteiger partial charge < -0.3 is 10.2 Å². The molecule has 0 aliphatic carbocycles. The molecule has 13 heavy (non-hydrogen) atoms. The van der Waals surface area contributed by atoms with Gasteiger partial charge in [-0.3, -0.25) is 9.78 Å². The van der Waals surface area contributed by atoms with Gasteiger partial charge in [0.25, 0.3) is 0 Å². The lowest BCUT2D eigenvalue weighted by Gasteiger charge is -2.07. The first-order valence-electron chi connectivity index (χ1n) is 4.00. The second-order valence-corrected chi connectivity index (χ2v) is 2.73. The van der Waals surface area contributed by atoms with Crippen LogP contribution in [0.1, 0.15) is 24.5 Å². The van der Waals surface area contributed by atoms with Crippen LogP contribution in [-0.2, 0) is 4.79 Å². The number of aliphatic hydroxyl groups excluding tert-OH is 1. The first-order chi connectivity index (χ1) is 6.20. The van der Waals surface area contributed by atoms with Crippen molar-refractivity contribution in [3.8, 4) is 0 Å². The van der Waals surface area contributed by atoms with E-state index in [1.54, 1.807) is 18.3 Å². The zero-order valence-corrected chi connectivity index (χ0v) is 7.05. The van der Waals surface area contributed by atoms with Crippen molar-refractivity contribution < 1.29 is 15.0 Å². The van der Waals surface area contributed by atoms with E-state index < -0.39 is 12.1 Å². The van der Waals surface area contributed by atoms with Crippen molar-refractivity contribution in [1.82, 2.24) is 4.98 Å². The van der Waals surface area contributed by atoms with Crippen molar-refractivity contribution in [2.45, 2.75) is 18.9 Å². The molecule has 0 saturated carbocycles. The summed E-state index contributed by atoms with van der Waals surface area (Å²) in [5.41, 5.74) is 0.656. The Labute approximate surface area is 75.9 Å². The van der Waals surface area contributed by atoms with Crippen LogP contribution in [0.25, 0.3) is 0 Å². The highest BCUT2D eigenvalue weighted by Gasteiger charge is 2.08. The number of aliphatic carboxylic acids is 1. The number of nitrogens with zero attached hydrogens (tertiary/aromatic N) is 1. The predicted octanol–water partition coefficient (Wildman–Crippen LogP) is 0.980. The van der Waals surface area contributed by atoms with Gasteiger partial charge in [0.05, 0.1) is 6.10 Å². The molecule has 0 radical (unpaired) electrons. The summed E-state index contributed by atoms with van der Waals surface area (Å²) in [4.78, 5) is 14.0. The molecule has 0 amide bonds. The predicted molar refractivity (Wildman–Crippen MR) is 46.1 cm³/mol. The molecule has 1 atom stereocenters. The maximum Gasteiger partial charge on any atom is 0.303 e. The van der Waals surface area contributed by atoms with E-state index in [0.29, 0.717) is 5.56 Å². The molecule has 0 aromatic carbocycles. The van der Waals surface area contributed by atoms with Crippen LogP contribution >= 0.6 is 0 Å². The molecule has 2 N–H and O–H groups in total. The SMILES string of the molecule is O=C(O)CC[C@@H](O)c1cccnc1. The van der Waals surface area contributed by atoms with Crippen LogP contribution in [0.3, 0.4) is 0 Å². The fraction of sp³-hybridized carbons (Fsp3) is 0.333. The van der Waals surface area contributed by atoms with Crippen LogP contribution in [0.5, 0.6) is 0 Å². The van der Waals surface area contributed by atoms with Gasteiger partial charge >= 0.3 is 5.97 Å². The summed E-state index contributed by atoms with van der Waals surface area (Å²) in [6.07, 6.45) is 2.60. The lowest BCUT2D eigenvalue weighted by Crippen LogP contribution is -2.02. The number of pyridine rings is 1. The lowest BCUT2D eigenvalue weighted by molar-refractivity contribution is -0.137. The normalized spacial score (nSPS) is 12.4. The Morgan fingerprint density at radius 3 is 2.92 bits per heavy atom. The number of carboxylic acid groups (broad SMARTS) is 1. The van der Waals surface area contributed by atoms with Gasteiger partial charge in [0, 0.05) is 18.8 Å². The molecule has 0 unspecified atom stereocenters. The Morgan fingerprint density at radius 1 is 1.62 bits per heavy atom. The van der Waals surface area contributed by atoms with E-state index in [-0.39, 0.29) is 12.8 Å². The van der Waals surface area contributed by atoms with Crippen molar-refractivity contribution in [2.75, 3.05) is 0 Å². The van der Waals surface area contributed by atoms with E-state index >= 15 is 0 Å². The summed E-state index contributed by atoms with van der Waals surface area (Å²) in [5.74, 6) is -0.900. The molecule has 70 valence electrons. The maximum absolute atomic E-state index is 10.2. The highest BCUT2D eigenvalue weighted by molar-refractivity contribution is 5.66. The average Bonchev–Trinajstić information content (AvgIpc) is 2.15. The second kappa shape index (κ2) is 4.57. The topological polar surface area (TPSA) is 70.4 Å². The molecule has 0 spiro atoms. The monoisotopic (exact) mass is 181 g/mol. The third kappa shape index (κ3) is 3.21. The van der Waals surface area contributed by atoms with Crippen molar-refractivity contribution in [3.63, 3.8) is 0 Å². The van der Waals surface area contributed by atoms with Crippen molar-refractivity contribution >= 4 is 5.97 Å². The first kappa shape index (κ1) is 9.67. The zero-order chi connectivity index (χ0) is 9.68. The molecule has 1 rings (SSSR count). The Balaban J connectivity index is 2.49. The van der Waals surface area contributed by atoms with Crippen molar-refractivity contribution in [1.29, 1.82) is 0 Å². The number of hydrogen-bond donors (Lipinski definition) is 2. The standard InChI is InChI=1S/C9H11NO3/c11-8(3-4-9(12)13)7-2-1-5-10-6-7/h1-2,5-6,8,11H,3-4H2,(H,12,13)/t8-/m1/s1. The summed E-state index contributed by atoms with van der Waals surface area (Å²) < 4.78 is 0. The zero-order valence-electron chi connectivity index (χ0n) is 7.05. The van der Waals surface area contributed by atoms with E-state index in [1.807, 2.05) is 0 Å². The van der Waals surface area contributed by atoms with Gasteiger partial charge in [-0.15, -0.1) is 0 Å². The third-order valence-electron chi connectivity index (χ3n) is 1.70. The largest absolute Gasteiger partial charge is 0.481 e. The molecule has 0 saturated heterocycles. The summed E-state index contributed by atoms with van der Waals surface area (Å²) in [6, 6.07) is 3.43. The Bertz CT molecular complexity index is 273. The molecule has 0 aliphatic rings. The van der Waals surface area contributed by atoms with Gasteiger partial charge in [-0.2, -0.15) is 0 Å². The van der Waals surface area contributed by atoms with Gasteiger partial charge in [-0.1, -0.05) is 6.07 Å². The number of carbonyl (C=O) groups is 1. The summed E-state index contributed by atoms with van der Waals surface area (Å²) >= 11 is 0. The van der Waals surface area contributed by atoms with Crippen LogP contribution in [0.2, 0.25) is 0 Å². The van der Waals surface area contributed by atoms with Crippen LogP contribution < -0.4 is 0 Å². The first-order valence-corrected chi connectivity index (χ1v) is 4.00. The molecule has 0 bridgehead atoms. The van der Waals surface area contributed by atoms with Gasteiger partial charge in [-0.05, 0) is 18.1 Å². The molecule has 1 aromatic heterocycles. The quantitative estimate of drug-likeness (QED) is 0.726. The van der Waals surface area contributed by atoms with Crippen molar-refractivity contribution in [2.24, 2.45) is 0 Å². The lowest BCUT2D eigenvalue weighted by atomic mass is 10.1. The molecular weight excluding hydrogens is 170 g/mol.